The standard InChI is InChI=1S/C35H35N7O3/c1-40-32-25(12-22(14-28(32)45-2)35(44)42-17-21-9-11-26(42)30(21)36)38-34(40)27-13-20-8-10-24(37-33(20)41(27)16-18-6-7-18)23-5-3-4-19-15-29(43)39-31(19)23/h3-5,8,10,12-14,18,21,26,30H,6-7,9,11,15-17,36H2,1-2H3,(H,39,43)/t21-,26-,30-/m1/s1. The number of carbonyl (C=O) groups excluding carboxylic acids is 2. The summed E-state index contributed by atoms with van der Waals surface area (Å²) in [6.07, 6.45) is 4.84. The van der Waals surface area contributed by atoms with Gasteiger partial charge in [-0.05, 0) is 73.4 Å². The van der Waals surface area contributed by atoms with E-state index in [4.69, 9.17) is 20.4 Å². The van der Waals surface area contributed by atoms with Gasteiger partial charge in [-0.1, -0.05) is 18.2 Å². The SMILES string of the molecule is COc1cc(C(=O)N2C[C@H]3CC[C@@H]2[C@@H]3N)cc2nc(-c3cc4ccc(-c5cccc6c5NC(=O)C6)nc4n3CC3CC3)n(C)c12. The van der Waals surface area contributed by atoms with E-state index in [1.54, 1.807) is 7.11 Å². The second-order valence-electron chi connectivity index (χ2n) is 13.2. The fraction of sp³-hybridized carbons (Fsp3) is 0.371. The molecule has 3 atom stereocenters. The van der Waals surface area contributed by atoms with E-state index in [0.29, 0.717) is 36.1 Å². The van der Waals surface area contributed by atoms with E-state index in [2.05, 4.69) is 26.6 Å². The van der Waals surface area contributed by atoms with Crippen LogP contribution in [0.1, 0.15) is 41.6 Å². The van der Waals surface area contributed by atoms with Gasteiger partial charge in [-0.2, -0.15) is 0 Å². The Bertz CT molecular complexity index is 2070. The van der Waals surface area contributed by atoms with E-state index in [1.165, 1.54) is 12.8 Å². The zero-order chi connectivity index (χ0) is 30.6. The first-order valence-electron chi connectivity index (χ1n) is 15.9. The molecule has 0 spiro atoms. The molecule has 2 saturated carbocycles. The molecule has 5 aromatic rings. The van der Waals surface area contributed by atoms with Crippen molar-refractivity contribution < 1.29 is 14.3 Å². The number of aromatic nitrogens is 4. The maximum absolute atomic E-state index is 13.7. The maximum Gasteiger partial charge on any atom is 0.254 e. The van der Waals surface area contributed by atoms with Gasteiger partial charge >= 0.3 is 0 Å². The lowest BCUT2D eigenvalue weighted by Crippen LogP contribution is -2.41. The normalized spacial score (nSPS) is 22.1. The molecule has 3 N–H and O–H groups in total. The maximum atomic E-state index is 13.7. The van der Waals surface area contributed by atoms with E-state index in [0.717, 1.165) is 75.5 Å². The quantitative estimate of drug-likeness (QED) is 0.290. The van der Waals surface area contributed by atoms with Crippen LogP contribution < -0.4 is 15.8 Å². The summed E-state index contributed by atoms with van der Waals surface area (Å²) in [4.78, 5) is 38.2. The minimum atomic E-state index is -0.00628. The number of nitrogens with two attached hydrogens (primary N) is 1. The summed E-state index contributed by atoms with van der Waals surface area (Å²) in [6, 6.07) is 16.2. The highest BCUT2D eigenvalue weighted by atomic mass is 16.5. The van der Waals surface area contributed by atoms with Crippen molar-refractivity contribution in [3.63, 3.8) is 0 Å². The molecule has 10 nitrogen and oxygen atoms in total. The molecule has 9 rings (SSSR count). The first-order chi connectivity index (χ1) is 21.9. The van der Waals surface area contributed by atoms with Crippen LogP contribution in [-0.4, -0.2) is 61.6 Å². The van der Waals surface area contributed by atoms with Crippen LogP contribution in [0, 0.1) is 11.8 Å². The summed E-state index contributed by atoms with van der Waals surface area (Å²) in [7, 11) is 3.64. The zero-order valence-corrected chi connectivity index (χ0v) is 25.4. The van der Waals surface area contributed by atoms with Crippen molar-refractivity contribution in [2.45, 2.75) is 50.7 Å². The number of likely N-dealkylation sites (tertiary alicyclic amines) is 1. The van der Waals surface area contributed by atoms with Gasteiger partial charge in [0, 0.05) is 48.7 Å². The van der Waals surface area contributed by atoms with Gasteiger partial charge in [-0.15, -0.1) is 0 Å². The molecule has 0 radical (unpaired) electrons. The average Bonchev–Trinajstić information content (AvgIpc) is 3.27. The Labute approximate surface area is 260 Å². The number of aryl methyl sites for hydroxylation is 1. The van der Waals surface area contributed by atoms with Crippen molar-refractivity contribution in [3.05, 3.63) is 59.7 Å². The fourth-order valence-electron chi connectivity index (χ4n) is 7.94. The predicted octanol–water partition coefficient (Wildman–Crippen LogP) is 4.73. The van der Waals surface area contributed by atoms with Crippen molar-refractivity contribution in [2.24, 2.45) is 24.6 Å². The molecular weight excluding hydrogens is 566 g/mol. The van der Waals surface area contributed by atoms with Crippen molar-refractivity contribution in [3.8, 4) is 28.5 Å². The monoisotopic (exact) mass is 601 g/mol. The van der Waals surface area contributed by atoms with E-state index in [9.17, 15) is 9.59 Å². The zero-order valence-electron chi connectivity index (χ0n) is 25.4. The third-order valence-corrected chi connectivity index (χ3v) is 10.5. The molecule has 2 aliphatic heterocycles. The summed E-state index contributed by atoms with van der Waals surface area (Å²) >= 11 is 0. The third kappa shape index (κ3) is 4.04. The minimum absolute atomic E-state index is 0.00628. The topological polar surface area (TPSA) is 120 Å². The van der Waals surface area contributed by atoms with Gasteiger partial charge in [0.05, 0.1) is 36.1 Å². The Morgan fingerprint density at radius 2 is 1.96 bits per heavy atom. The highest BCUT2D eigenvalue weighted by molar-refractivity contribution is 6.04. The lowest BCUT2D eigenvalue weighted by atomic mass is 10.0. The van der Waals surface area contributed by atoms with Crippen LogP contribution in [-0.2, 0) is 24.8 Å². The van der Waals surface area contributed by atoms with E-state index in [-0.39, 0.29) is 23.9 Å². The van der Waals surface area contributed by atoms with Crippen molar-refractivity contribution in [1.82, 2.24) is 24.0 Å². The Balaban J connectivity index is 1.16. The summed E-state index contributed by atoms with van der Waals surface area (Å²) < 4.78 is 10.2. The van der Waals surface area contributed by atoms with Gasteiger partial charge < -0.3 is 29.8 Å². The number of methoxy groups -OCH3 is 1. The molecule has 2 aromatic carbocycles. The van der Waals surface area contributed by atoms with Crippen molar-refractivity contribution >= 4 is 39.6 Å². The molecule has 1 saturated heterocycles. The van der Waals surface area contributed by atoms with Gasteiger partial charge in [-0.3, -0.25) is 9.59 Å². The van der Waals surface area contributed by atoms with Crippen LogP contribution in [0.25, 0.3) is 44.8 Å². The molecule has 5 heterocycles. The van der Waals surface area contributed by atoms with Crippen LogP contribution >= 0.6 is 0 Å². The van der Waals surface area contributed by atoms with Gasteiger partial charge in [0.2, 0.25) is 5.91 Å². The second-order valence-corrected chi connectivity index (χ2v) is 13.2. The van der Waals surface area contributed by atoms with Gasteiger partial charge in [-0.25, -0.2) is 9.97 Å². The predicted molar refractivity (Wildman–Crippen MR) is 172 cm³/mol. The van der Waals surface area contributed by atoms with Gasteiger partial charge in [0.1, 0.15) is 16.9 Å². The number of ether oxygens (including phenoxy) is 1. The van der Waals surface area contributed by atoms with Crippen molar-refractivity contribution in [1.29, 1.82) is 0 Å². The summed E-state index contributed by atoms with van der Waals surface area (Å²) in [5, 5.41) is 4.06. The third-order valence-electron chi connectivity index (χ3n) is 10.5. The summed E-state index contributed by atoms with van der Waals surface area (Å²) in [5.41, 5.74) is 14.0. The highest BCUT2D eigenvalue weighted by Gasteiger charge is 2.47. The molecule has 0 unspecified atom stereocenters. The molecule has 10 heteroatoms. The van der Waals surface area contributed by atoms with Crippen LogP contribution in [0.4, 0.5) is 5.69 Å². The molecule has 45 heavy (non-hydrogen) atoms. The molecule has 4 aliphatic rings. The van der Waals surface area contributed by atoms with E-state index < -0.39 is 0 Å². The fourth-order valence-corrected chi connectivity index (χ4v) is 7.94. The number of benzene rings is 2. The number of nitrogens with one attached hydrogen (secondary N) is 1. The lowest BCUT2D eigenvalue weighted by Gasteiger charge is -2.27. The lowest BCUT2D eigenvalue weighted by molar-refractivity contribution is -0.115. The number of hydrogen-bond acceptors (Lipinski definition) is 6. The van der Waals surface area contributed by atoms with Gasteiger partial charge in [0.15, 0.2) is 5.82 Å². The molecule has 2 aliphatic carbocycles. The molecule has 3 aromatic heterocycles. The first-order valence-corrected chi connectivity index (χ1v) is 15.9. The number of fused-ring (bicyclic) bond motifs is 5. The number of rotatable bonds is 6. The average molecular weight is 602 g/mol. The van der Waals surface area contributed by atoms with Crippen molar-refractivity contribution in [2.75, 3.05) is 19.0 Å². The van der Waals surface area contributed by atoms with E-state index >= 15 is 0 Å². The van der Waals surface area contributed by atoms with E-state index in [1.807, 2.05) is 48.3 Å². The molecule has 2 bridgehead atoms. The number of anilines is 1. The minimum Gasteiger partial charge on any atom is -0.494 e. The number of hydrogen-bond donors (Lipinski definition) is 2. The molecule has 2 amide bonds. The number of pyridine rings is 1. The number of piperidine rings is 1. The number of imidazole rings is 1. The Hall–Kier alpha value is -4.70. The van der Waals surface area contributed by atoms with Crippen LogP contribution in [0.2, 0.25) is 0 Å². The molecule has 228 valence electrons. The largest absolute Gasteiger partial charge is 0.494 e. The van der Waals surface area contributed by atoms with Gasteiger partial charge in [0.25, 0.3) is 5.91 Å². The van der Waals surface area contributed by atoms with Crippen LogP contribution in [0.3, 0.4) is 0 Å². The van der Waals surface area contributed by atoms with Crippen LogP contribution in [0.5, 0.6) is 5.75 Å². The van der Waals surface area contributed by atoms with Crippen LogP contribution in [0.15, 0.2) is 48.5 Å². The molecular formula is C35H35N7O3. The summed E-state index contributed by atoms with van der Waals surface area (Å²) in [6.45, 7) is 1.56. The molecule has 3 fully saturated rings. The second kappa shape index (κ2) is 9.65. The highest BCUT2D eigenvalue weighted by Crippen LogP contribution is 2.41. The number of para-hydroxylation sites is 1. The number of carbonyl (C=O) groups is 2. The Morgan fingerprint density at radius 3 is 2.71 bits per heavy atom. The Morgan fingerprint density at radius 1 is 1.09 bits per heavy atom. The Kier molecular flexibility index (Phi) is 5.72. The first kappa shape index (κ1) is 26.7. The number of amides is 2. The number of nitrogens with zero attached hydrogens (tertiary/aromatic N) is 5. The summed E-state index contributed by atoms with van der Waals surface area (Å²) in [5.74, 6) is 2.40. The smallest absolute Gasteiger partial charge is 0.254 e.